The molecule has 1 N–H and O–H groups in total. The number of hydrogen-bond donors (Lipinski definition) is 1. The van der Waals surface area contributed by atoms with Gasteiger partial charge < -0.3 is 10.1 Å². The third kappa shape index (κ3) is 5.19. The molecule has 110 valence electrons. The van der Waals surface area contributed by atoms with E-state index in [2.05, 4.69) is 21.2 Å². The minimum Gasteiger partial charge on any atom is -0.381 e. The second kappa shape index (κ2) is 7.71. The van der Waals surface area contributed by atoms with Gasteiger partial charge in [-0.05, 0) is 43.4 Å². The van der Waals surface area contributed by atoms with E-state index in [4.69, 9.17) is 4.74 Å². The molecule has 1 aliphatic rings. The normalized spacial score (nSPS) is 14.4. The number of nitro groups is 1. The van der Waals surface area contributed by atoms with Crippen molar-refractivity contribution in [1.29, 1.82) is 0 Å². The molecular formula is C14H19BrN2O3. The first-order valence-electron chi connectivity index (χ1n) is 6.88. The van der Waals surface area contributed by atoms with Gasteiger partial charge in [-0.1, -0.05) is 15.9 Å². The number of rotatable bonds is 9. The van der Waals surface area contributed by atoms with Crippen molar-refractivity contribution in [2.75, 3.05) is 19.8 Å². The monoisotopic (exact) mass is 342 g/mol. The second-order valence-electron chi connectivity index (χ2n) is 5.08. The summed E-state index contributed by atoms with van der Waals surface area (Å²) in [6.45, 7) is 3.29. The number of benzene rings is 1. The molecule has 1 saturated carbocycles. The molecule has 6 heteroatoms. The molecule has 1 aromatic carbocycles. The van der Waals surface area contributed by atoms with E-state index in [1.54, 1.807) is 6.07 Å². The van der Waals surface area contributed by atoms with E-state index in [9.17, 15) is 10.1 Å². The van der Waals surface area contributed by atoms with E-state index in [1.165, 1.54) is 25.0 Å². The van der Waals surface area contributed by atoms with E-state index in [0.717, 1.165) is 42.1 Å². The molecule has 20 heavy (non-hydrogen) atoms. The fraction of sp³-hybridized carbons (Fsp3) is 0.571. The highest BCUT2D eigenvalue weighted by Crippen LogP contribution is 2.28. The summed E-state index contributed by atoms with van der Waals surface area (Å²) < 4.78 is 6.32. The van der Waals surface area contributed by atoms with Crippen LogP contribution in [0.1, 0.15) is 24.8 Å². The molecule has 0 amide bonds. The molecule has 5 nitrogen and oxygen atoms in total. The summed E-state index contributed by atoms with van der Waals surface area (Å²) in [5, 5.41) is 13.9. The number of non-ortho nitro benzene ring substituents is 1. The van der Waals surface area contributed by atoms with Crippen LogP contribution in [0.3, 0.4) is 0 Å². The highest BCUT2D eigenvalue weighted by molar-refractivity contribution is 9.10. The summed E-state index contributed by atoms with van der Waals surface area (Å²) in [7, 11) is 0. The fourth-order valence-electron chi connectivity index (χ4n) is 1.85. The summed E-state index contributed by atoms with van der Waals surface area (Å²) in [5.74, 6) is 0.819. The first-order chi connectivity index (χ1) is 9.66. The lowest BCUT2D eigenvalue weighted by atomic mass is 10.2. The lowest BCUT2D eigenvalue weighted by molar-refractivity contribution is -0.384. The molecule has 0 heterocycles. The maximum Gasteiger partial charge on any atom is 0.270 e. The topological polar surface area (TPSA) is 64.4 Å². The molecule has 0 spiro atoms. The number of ether oxygens (including phenoxy) is 1. The highest BCUT2D eigenvalue weighted by Gasteiger charge is 2.20. The molecule has 1 fully saturated rings. The van der Waals surface area contributed by atoms with E-state index >= 15 is 0 Å². The molecule has 0 saturated heterocycles. The highest BCUT2D eigenvalue weighted by atomic mass is 79.9. The molecule has 1 aliphatic carbocycles. The molecule has 2 rings (SSSR count). The Kier molecular flexibility index (Phi) is 5.94. The molecule has 0 unspecified atom stereocenters. The maximum absolute atomic E-state index is 10.6. The summed E-state index contributed by atoms with van der Waals surface area (Å²) in [6, 6.07) is 4.84. The third-order valence-corrected chi connectivity index (χ3v) is 3.99. The first-order valence-corrected chi connectivity index (χ1v) is 7.67. The zero-order valence-corrected chi connectivity index (χ0v) is 12.9. The van der Waals surface area contributed by atoms with E-state index in [1.807, 2.05) is 0 Å². The van der Waals surface area contributed by atoms with Crippen LogP contribution in [-0.4, -0.2) is 24.7 Å². The molecule has 1 aromatic rings. The minimum atomic E-state index is -0.390. The summed E-state index contributed by atoms with van der Waals surface area (Å²) >= 11 is 3.36. The largest absolute Gasteiger partial charge is 0.381 e. The zero-order chi connectivity index (χ0) is 14.4. The average Bonchev–Trinajstić information content (AvgIpc) is 3.23. The van der Waals surface area contributed by atoms with Gasteiger partial charge in [0.05, 0.1) is 4.92 Å². The molecular weight excluding hydrogens is 324 g/mol. The molecule has 0 aromatic heterocycles. The molecule has 0 atom stereocenters. The lowest BCUT2D eigenvalue weighted by Gasteiger charge is -2.07. The Hall–Kier alpha value is -0.980. The third-order valence-electron chi connectivity index (χ3n) is 3.26. The molecule has 0 radical (unpaired) electrons. The van der Waals surface area contributed by atoms with Crippen molar-refractivity contribution in [1.82, 2.24) is 5.32 Å². The van der Waals surface area contributed by atoms with Crippen molar-refractivity contribution in [2.24, 2.45) is 5.92 Å². The van der Waals surface area contributed by atoms with Gasteiger partial charge in [0.25, 0.3) is 5.69 Å². The Morgan fingerprint density at radius 1 is 1.45 bits per heavy atom. The maximum atomic E-state index is 10.6. The fourth-order valence-corrected chi connectivity index (χ4v) is 2.36. The van der Waals surface area contributed by atoms with Gasteiger partial charge in [0.2, 0.25) is 0 Å². The predicted octanol–water partition coefficient (Wildman–Crippen LogP) is 3.26. The van der Waals surface area contributed by atoms with Gasteiger partial charge in [-0.3, -0.25) is 10.1 Å². The van der Waals surface area contributed by atoms with Crippen molar-refractivity contribution in [2.45, 2.75) is 25.8 Å². The lowest BCUT2D eigenvalue weighted by Crippen LogP contribution is -2.17. The van der Waals surface area contributed by atoms with Crippen LogP contribution in [0.5, 0.6) is 0 Å². The number of hydrogen-bond acceptors (Lipinski definition) is 4. The van der Waals surface area contributed by atoms with Crippen LogP contribution in [-0.2, 0) is 11.3 Å². The van der Waals surface area contributed by atoms with Gasteiger partial charge in [0.15, 0.2) is 0 Å². The van der Waals surface area contributed by atoms with Gasteiger partial charge in [-0.25, -0.2) is 0 Å². The predicted molar refractivity (Wildman–Crippen MR) is 80.7 cm³/mol. The summed E-state index contributed by atoms with van der Waals surface area (Å²) in [4.78, 5) is 10.2. The van der Waals surface area contributed by atoms with Crippen LogP contribution >= 0.6 is 15.9 Å². The SMILES string of the molecule is O=[N+]([O-])c1ccc(CNCCCOCC2CC2)c(Br)c1. The quantitative estimate of drug-likeness (QED) is 0.425. The van der Waals surface area contributed by atoms with Crippen LogP contribution in [0.2, 0.25) is 0 Å². The Morgan fingerprint density at radius 3 is 2.90 bits per heavy atom. The van der Waals surface area contributed by atoms with Gasteiger partial charge in [0, 0.05) is 36.4 Å². The Balaban J connectivity index is 1.61. The van der Waals surface area contributed by atoms with Gasteiger partial charge >= 0.3 is 0 Å². The van der Waals surface area contributed by atoms with Crippen molar-refractivity contribution in [3.05, 3.63) is 38.3 Å². The summed E-state index contributed by atoms with van der Waals surface area (Å²) in [6.07, 6.45) is 3.64. The first kappa shape index (κ1) is 15.4. The van der Waals surface area contributed by atoms with Crippen LogP contribution in [0.15, 0.2) is 22.7 Å². The number of nitrogens with one attached hydrogen (secondary N) is 1. The van der Waals surface area contributed by atoms with Crippen LogP contribution in [0.25, 0.3) is 0 Å². The van der Waals surface area contributed by atoms with E-state index < -0.39 is 0 Å². The number of nitro benzene ring substituents is 1. The molecule has 0 bridgehead atoms. The number of halogens is 1. The smallest absolute Gasteiger partial charge is 0.270 e. The van der Waals surface area contributed by atoms with E-state index in [-0.39, 0.29) is 10.6 Å². The minimum absolute atomic E-state index is 0.106. The van der Waals surface area contributed by atoms with Crippen molar-refractivity contribution >= 4 is 21.6 Å². The van der Waals surface area contributed by atoms with Gasteiger partial charge in [-0.15, -0.1) is 0 Å². The van der Waals surface area contributed by atoms with E-state index in [0.29, 0.717) is 6.54 Å². The molecule has 0 aliphatic heterocycles. The summed E-state index contributed by atoms with van der Waals surface area (Å²) in [5.41, 5.74) is 1.13. The Bertz CT molecular complexity index is 464. The standard InChI is InChI=1S/C14H19BrN2O3/c15-14-8-13(17(18)19)5-4-12(14)9-16-6-1-7-20-10-11-2-3-11/h4-5,8,11,16H,1-3,6-7,9-10H2. The van der Waals surface area contributed by atoms with Crippen molar-refractivity contribution in [3.63, 3.8) is 0 Å². The average molecular weight is 343 g/mol. The van der Waals surface area contributed by atoms with Crippen LogP contribution in [0, 0.1) is 16.0 Å². The zero-order valence-electron chi connectivity index (χ0n) is 11.3. The number of nitrogens with zero attached hydrogens (tertiary/aromatic N) is 1. The van der Waals surface area contributed by atoms with Crippen molar-refractivity contribution < 1.29 is 9.66 Å². The van der Waals surface area contributed by atoms with Gasteiger partial charge in [0.1, 0.15) is 0 Å². The second-order valence-corrected chi connectivity index (χ2v) is 5.94. The Morgan fingerprint density at radius 2 is 2.25 bits per heavy atom. The van der Waals surface area contributed by atoms with Gasteiger partial charge in [-0.2, -0.15) is 0 Å². The van der Waals surface area contributed by atoms with Crippen molar-refractivity contribution in [3.8, 4) is 0 Å². The Labute approximate surface area is 127 Å². The van der Waals surface area contributed by atoms with Crippen LogP contribution in [0.4, 0.5) is 5.69 Å². The van der Waals surface area contributed by atoms with Crippen LogP contribution < -0.4 is 5.32 Å².